The molecule has 1 N–H and O–H groups in total. The van der Waals surface area contributed by atoms with Crippen molar-refractivity contribution in [2.75, 3.05) is 11.0 Å². The molecule has 0 aromatic heterocycles. The molecule has 0 saturated carbocycles. The first-order chi connectivity index (χ1) is 7.41. The van der Waals surface area contributed by atoms with Crippen molar-refractivity contribution < 1.29 is 5.11 Å². The van der Waals surface area contributed by atoms with Gasteiger partial charge < -0.3 is 5.11 Å². The minimum Gasteiger partial charge on any atom is -0.396 e. The van der Waals surface area contributed by atoms with Gasteiger partial charge in [-0.3, -0.25) is 0 Å². The van der Waals surface area contributed by atoms with E-state index in [1.807, 2.05) is 0 Å². The van der Waals surface area contributed by atoms with E-state index in [9.17, 15) is 0 Å². The molecule has 0 rings (SSSR count). The average Bonchev–Trinajstić information content (AvgIpc) is 2.26. The summed E-state index contributed by atoms with van der Waals surface area (Å²) < 4.78 is 1.32. The Morgan fingerprint density at radius 1 is 0.533 bits per heavy atom. The molecule has 0 spiro atoms. The van der Waals surface area contributed by atoms with E-state index in [-0.39, 0.29) is 0 Å². The van der Waals surface area contributed by atoms with Crippen LogP contribution in [0.2, 0.25) is 0 Å². The van der Waals surface area contributed by atoms with Crippen LogP contribution < -0.4 is 0 Å². The quantitative estimate of drug-likeness (QED) is 0.313. The van der Waals surface area contributed by atoms with Gasteiger partial charge in [0.25, 0.3) is 0 Å². The van der Waals surface area contributed by atoms with E-state index in [1.165, 1.54) is 68.6 Å². The molecule has 0 bridgehead atoms. The van der Waals surface area contributed by atoms with Crippen LogP contribution in [0.1, 0.15) is 70.6 Å². The summed E-state index contributed by atoms with van der Waals surface area (Å²) in [7, 11) is 0. The molecule has 92 valence electrons. The molecule has 0 saturated heterocycles. The molecule has 0 atom stereocenters. The summed E-state index contributed by atoms with van der Waals surface area (Å²) in [6.45, 7) is 0.372. The molecule has 0 aromatic rings. The molecule has 0 aliphatic rings. The summed E-state index contributed by atoms with van der Waals surface area (Å²) in [4.78, 5) is 0. The molecule has 1 nitrogen and oxygen atoms in total. The lowest BCUT2D eigenvalue weighted by Crippen LogP contribution is -1.84. The number of aliphatic hydroxyl groups excluding tert-OH is 1. The fourth-order valence-electron chi connectivity index (χ4n) is 1.80. The van der Waals surface area contributed by atoms with Gasteiger partial charge in [-0.05, 0) is 17.3 Å². The van der Waals surface area contributed by atoms with Gasteiger partial charge in [0, 0.05) is 6.61 Å². The van der Waals surface area contributed by atoms with Crippen LogP contribution in [0.25, 0.3) is 0 Å². The van der Waals surface area contributed by atoms with Crippen LogP contribution in [0.15, 0.2) is 0 Å². The van der Waals surface area contributed by atoms with E-state index < -0.39 is 0 Å². The zero-order valence-electron chi connectivity index (χ0n) is 10.0. The minimum absolute atomic E-state index is 0.372. The maximum absolute atomic E-state index is 8.61. The van der Waals surface area contributed by atoms with Crippen molar-refractivity contribution in [2.45, 2.75) is 70.6 Å². The predicted octanol–water partition coefficient (Wildman–Crippen LogP) is 4.70. The van der Waals surface area contributed by atoms with Gasteiger partial charge in [-0.1, -0.05) is 80.4 Å². The Balaban J connectivity index is 2.81. The van der Waals surface area contributed by atoms with E-state index >= 15 is 0 Å². The third-order valence-electron chi connectivity index (χ3n) is 2.79. The van der Waals surface area contributed by atoms with Crippen LogP contribution in [-0.4, -0.2) is 16.1 Å². The maximum Gasteiger partial charge on any atom is 0.0431 e. The predicted molar refractivity (Wildman–Crippen MR) is 76.8 cm³/mol. The number of aliphatic hydroxyl groups is 1. The number of unbranched alkanes of at least 4 members (excludes halogenated alkanes) is 10. The second kappa shape index (κ2) is 14.7. The van der Waals surface area contributed by atoms with Gasteiger partial charge in [0.05, 0.1) is 0 Å². The summed E-state index contributed by atoms with van der Waals surface area (Å²) in [5, 5.41) is 8.61. The highest BCUT2D eigenvalue weighted by Gasteiger charge is 1.92. The molecule has 0 unspecified atom stereocenters. The molecule has 15 heavy (non-hydrogen) atoms. The summed E-state index contributed by atoms with van der Waals surface area (Å²) in [6.07, 6.45) is 14.9. The molecular formula is C13H27IO. The lowest BCUT2D eigenvalue weighted by molar-refractivity contribution is 0.282. The Hall–Kier alpha value is 0.690. The second-order valence-electron chi connectivity index (χ2n) is 4.30. The SMILES string of the molecule is OCCCCCCCCCCCCCI. The number of halogens is 1. The van der Waals surface area contributed by atoms with Crippen LogP contribution in [0.5, 0.6) is 0 Å². The van der Waals surface area contributed by atoms with Gasteiger partial charge in [-0.15, -0.1) is 0 Å². The lowest BCUT2D eigenvalue weighted by atomic mass is 10.1. The van der Waals surface area contributed by atoms with E-state index in [1.54, 1.807) is 0 Å². The van der Waals surface area contributed by atoms with Crippen LogP contribution in [0, 0.1) is 0 Å². The molecule has 0 aromatic carbocycles. The summed E-state index contributed by atoms with van der Waals surface area (Å²) in [6, 6.07) is 0. The normalized spacial score (nSPS) is 10.8. The summed E-state index contributed by atoms with van der Waals surface area (Å²) in [5.41, 5.74) is 0. The highest BCUT2D eigenvalue weighted by Crippen LogP contribution is 2.11. The first-order valence-electron chi connectivity index (χ1n) is 6.58. The number of alkyl halides is 1. The average molecular weight is 326 g/mol. The monoisotopic (exact) mass is 326 g/mol. The van der Waals surface area contributed by atoms with Crippen LogP contribution in [0.4, 0.5) is 0 Å². The highest BCUT2D eigenvalue weighted by atomic mass is 127. The fourth-order valence-corrected chi connectivity index (χ4v) is 2.34. The van der Waals surface area contributed by atoms with Crippen LogP contribution in [0.3, 0.4) is 0 Å². The van der Waals surface area contributed by atoms with Crippen LogP contribution >= 0.6 is 22.6 Å². The summed E-state index contributed by atoms with van der Waals surface area (Å²) in [5.74, 6) is 0. The highest BCUT2D eigenvalue weighted by molar-refractivity contribution is 14.1. The van der Waals surface area contributed by atoms with Crippen molar-refractivity contribution >= 4 is 22.6 Å². The molecule has 0 amide bonds. The number of rotatable bonds is 12. The molecule has 0 radical (unpaired) electrons. The zero-order chi connectivity index (χ0) is 11.2. The van der Waals surface area contributed by atoms with E-state index in [2.05, 4.69) is 22.6 Å². The smallest absolute Gasteiger partial charge is 0.0431 e. The van der Waals surface area contributed by atoms with E-state index in [0.29, 0.717) is 6.61 Å². The van der Waals surface area contributed by atoms with Crippen molar-refractivity contribution in [3.8, 4) is 0 Å². The van der Waals surface area contributed by atoms with Gasteiger partial charge >= 0.3 is 0 Å². The first-order valence-corrected chi connectivity index (χ1v) is 8.11. The molecule has 0 aliphatic heterocycles. The van der Waals surface area contributed by atoms with Crippen molar-refractivity contribution in [3.63, 3.8) is 0 Å². The Kier molecular flexibility index (Phi) is 15.4. The molecule has 0 heterocycles. The maximum atomic E-state index is 8.61. The van der Waals surface area contributed by atoms with Crippen molar-refractivity contribution in [1.82, 2.24) is 0 Å². The van der Waals surface area contributed by atoms with Gasteiger partial charge in [-0.25, -0.2) is 0 Å². The third-order valence-corrected chi connectivity index (χ3v) is 3.55. The largest absolute Gasteiger partial charge is 0.396 e. The van der Waals surface area contributed by atoms with Crippen molar-refractivity contribution in [1.29, 1.82) is 0 Å². The minimum atomic E-state index is 0.372. The van der Waals surface area contributed by atoms with Gasteiger partial charge in [0.1, 0.15) is 0 Å². The topological polar surface area (TPSA) is 20.2 Å². The standard InChI is InChI=1S/C13H27IO/c14-12-10-8-6-4-2-1-3-5-7-9-11-13-15/h15H,1-13H2. The van der Waals surface area contributed by atoms with Crippen molar-refractivity contribution in [3.05, 3.63) is 0 Å². The fraction of sp³-hybridized carbons (Fsp3) is 1.00. The molecule has 0 aliphatic carbocycles. The zero-order valence-corrected chi connectivity index (χ0v) is 12.2. The first kappa shape index (κ1) is 15.7. The van der Waals surface area contributed by atoms with Crippen LogP contribution in [-0.2, 0) is 0 Å². The Bertz CT molecular complexity index is 94.7. The van der Waals surface area contributed by atoms with Gasteiger partial charge in [-0.2, -0.15) is 0 Å². The third kappa shape index (κ3) is 14.7. The molecular weight excluding hydrogens is 299 g/mol. The Morgan fingerprint density at radius 2 is 0.867 bits per heavy atom. The second-order valence-corrected chi connectivity index (χ2v) is 5.38. The van der Waals surface area contributed by atoms with E-state index in [4.69, 9.17) is 5.11 Å². The number of hydrogen-bond donors (Lipinski definition) is 1. The van der Waals surface area contributed by atoms with Gasteiger partial charge in [0.2, 0.25) is 0 Å². The molecule has 2 heteroatoms. The summed E-state index contributed by atoms with van der Waals surface area (Å²) >= 11 is 2.46. The van der Waals surface area contributed by atoms with Crippen molar-refractivity contribution in [2.24, 2.45) is 0 Å². The number of hydrogen-bond acceptors (Lipinski definition) is 1. The molecule has 0 fully saturated rings. The Labute approximate surface area is 109 Å². The Morgan fingerprint density at radius 3 is 1.20 bits per heavy atom. The van der Waals surface area contributed by atoms with Gasteiger partial charge in [0.15, 0.2) is 0 Å². The lowest BCUT2D eigenvalue weighted by Gasteiger charge is -2.01. The van der Waals surface area contributed by atoms with E-state index in [0.717, 1.165) is 6.42 Å².